The smallest absolute Gasteiger partial charge is 0.268 e. The molecule has 3 atom stereocenters. The number of fused-ring (bicyclic) bond motifs is 3. The van der Waals surface area contributed by atoms with Gasteiger partial charge in [-0.05, 0) is 67.1 Å². The Kier molecular flexibility index (Phi) is 5.07. The van der Waals surface area contributed by atoms with Crippen molar-refractivity contribution in [2.45, 2.75) is 86.2 Å². The Hall–Kier alpha value is -1.77. The first-order chi connectivity index (χ1) is 13.7. The third-order valence-electron chi connectivity index (χ3n) is 8.43. The molecule has 3 heteroatoms. The quantitative estimate of drug-likeness (QED) is 0.610. The average molecular weight is 395 g/mol. The first-order valence-electron chi connectivity index (χ1n) is 11.6. The van der Waals surface area contributed by atoms with Crippen molar-refractivity contribution < 1.29 is 4.79 Å². The standard InChI is InChI=1S/C26H38N2O/c1-7-18(8-2)16-28-21-10-9-17(3)13-19(21)14-22(28)23(29)27-24-25(4,5)20-11-12-26(24,6)15-20/h9-10,13-14,18,20,24H,7-8,11-12,15-16H2,1-6H3,(H,27,29)/t20?,24?,26-/m1/s1. The van der Waals surface area contributed by atoms with Crippen LogP contribution in [-0.2, 0) is 6.54 Å². The molecule has 0 radical (unpaired) electrons. The summed E-state index contributed by atoms with van der Waals surface area (Å²) in [5.41, 5.74) is 3.68. The monoisotopic (exact) mass is 394 g/mol. The van der Waals surface area contributed by atoms with Crippen LogP contribution in [0.5, 0.6) is 0 Å². The zero-order valence-electron chi connectivity index (χ0n) is 19.1. The maximum atomic E-state index is 13.6. The molecule has 1 N–H and O–H groups in total. The third-order valence-corrected chi connectivity index (χ3v) is 8.43. The normalized spacial score (nSPS) is 27.8. The minimum atomic E-state index is 0.108. The predicted molar refractivity (Wildman–Crippen MR) is 121 cm³/mol. The first kappa shape index (κ1) is 20.5. The molecule has 2 unspecified atom stereocenters. The SMILES string of the molecule is CCC(CC)Cn1c(C(=O)NC2C(C)(C)C3CC[C@]2(C)C3)cc2cc(C)ccc21. The van der Waals surface area contributed by atoms with E-state index in [4.69, 9.17) is 0 Å². The Morgan fingerprint density at radius 1 is 1.21 bits per heavy atom. The molecule has 0 spiro atoms. The van der Waals surface area contributed by atoms with E-state index in [-0.39, 0.29) is 22.8 Å². The Morgan fingerprint density at radius 2 is 1.93 bits per heavy atom. The number of amides is 1. The van der Waals surface area contributed by atoms with Gasteiger partial charge in [0.1, 0.15) is 5.69 Å². The average Bonchev–Trinajstić information content (AvgIpc) is 3.29. The molecule has 2 bridgehead atoms. The van der Waals surface area contributed by atoms with E-state index >= 15 is 0 Å². The summed E-state index contributed by atoms with van der Waals surface area (Å²) >= 11 is 0. The topological polar surface area (TPSA) is 34.0 Å². The highest BCUT2D eigenvalue weighted by Gasteiger charge is 2.59. The lowest BCUT2D eigenvalue weighted by Gasteiger charge is -2.43. The summed E-state index contributed by atoms with van der Waals surface area (Å²) in [5.74, 6) is 1.43. The maximum absolute atomic E-state index is 13.6. The van der Waals surface area contributed by atoms with Crippen LogP contribution in [0.2, 0.25) is 0 Å². The summed E-state index contributed by atoms with van der Waals surface area (Å²) in [6.45, 7) is 14.6. The van der Waals surface area contributed by atoms with Gasteiger partial charge in [0.05, 0.1) is 0 Å². The van der Waals surface area contributed by atoms with Gasteiger partial charge >= 0.3 is 0 Å². The number of aromatic nitrogens is 1. The van der Waals surface area contributed by atoms with Crippen molar-refractivity contribution in [1.29, 1.82) is 0 Å². The van der Waals surface area contributed by atoms with E-state index in [2.05, 4.69) is 75.7 Å². The molecular weight excluding hydrogens is 356 g/mol. The van der Waals surface area contributed by atoms with Gasteiger partial charge < -0.3 is 9.88 Å². The molecule has 2 aliphatic carbocycles. The van der Waals surface area contributed by atoms with Crippen molar-refractivity contribution in [2.75, 3.05) is 0 Å². The fourth-order valence-electron chi connectivity index (χ4n) is 6.45. The Morgan fingerprint density at radius 3 is 2.55 bits per heavy atom. The van der Waals surface area contributed by atoms with E-state index in [0.29, 0.717) is 5.92 Å². The molecule has 2 fully saturated rings. The van der Waals surface area contributed by atoms with Crippen molar-refractivity contribution in [3.05, 3.63) is 35.5 Å². The minimum absolute atomic E-state index is 0.108. The maximum Gasteiger partial charge on any atom is 0.268 e. The van der Waals surface area contributed by atoms with Gasteiger partial charge in [0.2, 0.25) is 0 Å². The van der Waals surface area contributed by atoms with Crippen molar-refractivity contribution in [2.24, 2.45) is 22.7 Å². The van der Waals surface area contributed by atoms with Crippen LogP contribution < -0.4 is 5.32 Å². The van der Waals surface area contributed by atoms with Gasteiger partial charge in [-0.15, -0.1) is 0 Å². The molecule has 2 aromatic rings. The van der Waals surface area contributed by atoms with Crippen LogP contribution in [0.1, 0.15) is 82.8 Å². The minimum Gasteiger partial charge on any atom is -0.347 e. The Labute approximate surface area is 176 Å². The highest BCUT2D eigenvalue weighted by molar-refractivity contribution is 5.99. The predicted octanol–water partition coefficient (Wildman–Crippen LogP) is 6.33. The van der Waals surface area contributed by atoms with Gasteiger partial charge in [0.25, 0.3) is 5.91 Å². The lowest BCUT2D eigenvalue weighted by molar-refractivity contribution is 0.0729. The molecular formula is C26H38N2O. The van der Waals surface area contributed by atoms with E-state index in [1.54, 1.807) is 0 Å². The number of aryl methyl sites for hydroxylation is 1. The lowest BCUT2D eigenvalue weighted by Crippen LogP contribution is -2.52. The largest absolute Gasteiger partial charge is 0.347 e. The molecule has 29 heavy (non-hydrogen) atoms. The number of nitrogens with one attached hydrogen (secondary N) is 1. The zero-order chi connectivity index (χ0) is 21.0. The Bertz CT molecular complexity index is 915. The molecule has 2 saturated carbocycles. The first-order valence-corrected chi connectivity index (χ1v) is 11.6. The van der Waals surface area contributed by atoms with Crippen LogP contribution >= 0.6 is 0 Å². The number of hydrogen-bond donors (Lipinski definition) is 1. The number of rotatable bonds is 6. The molecule has 1 amide bonds. The van der Waals surface area contributed by atoms with Crippen LogP contribution in [0.3, 0.4) is 0 Å². The van der Waals surface area contributed by atoms with Gasteiger partial charge in [-0.2, -0.15) is 0 Å². The lowest BCUT2D eigenvalue weighted by atomic mass is 9.68. The van der Waals surface area contributed by atoms with Crippen molar-refractivity contribution in [1.82, 2.24) is 9.88 Å². The summed E-state index contributed by atoms with van der Waals surface area (Å²) in [6, 6.07) is 8.92. The van der Waals surface area contributed by atoms with E-state index in [1.807, 2.05) is 0 Å². The summed E-state index contributed by atoms with van der Waals surface area (Å²) < 4.78 is 2.28. The molecule has 0 saturated heterocycles. The molecule has 1 aromatic heterocycles. The molecule has 1 heterocycles. The number of carbonyl (C=O) groups excluding carboxylic acids is 1. The second-order valence-corrected chi connectivity index (χ2v) is 10.7. The van der Waals surface area contributed by atoms with Crippen molar-refractivity contribution in [3.63, 3.8) is 0 Å². The van der Waals surface area contributed by atoms with Gasteiger partial charge in [-0.3, -0.25) is 4.79 Å². The molecule has 2 aliphatic rings. The number of carbonyl (C=O) groups is 1. The molecule has 1 aromatic carbocycles. The zero-order valence-corrected chi connectivity index (χ0v) is 19.1. The van der Waals surface area contributed by atoms with Crippen LogP contribution in [-0.4, -0.2) is 16.5 Å². The highest BCUT2D eigenvalue weighted by atomic mass is 16.2. The number of nitrogens with zero attached hydrogens (tertiary/aromatic N) is 1. The summed E-state index contributed by atoms with van der Waals surface area (Å²) in [4.78, 5) is 13.6. The van der Waals surface area contributed by atoms with Crippen LogP contribution in [0.25, 0.3) is 10.9 Å². The van der Waals surface area contributed by atoms with E-state index in [9.17, 15) is 4.79 Å². The van der Waals surface area contributed by atoms with Crippen LogP contribution in [0, 0.1) is 29.6 Å². The summed E-state index contributed by atoms with van der Waals surface area (Å²) in [7, 11) is 0. The van der Waals surface area contributed by atoms with Crippen molar-refractivity contribution >= 4 is 16.8 Å². The van der Waals surface area contributed by atoms with Gasteiger partial charge in [-0.1, -0.05) is 59.1 Å². The van der Waals surface area contributed by atoms with E-state index < -0.39 is 0 Å². The third kappa shape index (κ3) is 3.31. The van der Waals surface area contributed by atoms with Gasteiger partial charge in [0.15, 0.2) is 0 Å². The molecule has 158 valence electrons. The number of hydrogen-bond acceptors (Lipinski definition) is 1. The molecule has 0 aliphatic heterocycles. The van der Waals surface area contributed by atoms with Gasteiger partial charge in [0, 0.05) is 23.5 Å². The fourth-order valence-corrected chi connectivity index (χ4v) is 6.45. The number of benzene rings is 1. The van der Waals surface area contributed by atoms with E-state index in [0.717, 1.165) is 31.0 Å². The molecule has 3 nitrogen and oxygen atoms in total. The highest BCUT2D eigenvalue weighted by Crippen LogP contribution is 2.62. The van der Waals surface area contributed by atoms with E-state index in [1.165, 1.54) is 35.7 Å². The van der Waals surface area contributed by atoms with Crippen LogP contribution in [0.4, 0.5) is 0 Å². The van der Waals surface area contributed by atoms with Gasteiger partial charge in [-0.25, -0.2) is 0 Å². The summed E-state index contributed by atoms with van der Waals surface area (Å²) in [5, 5.41) is 4.70. The summed E-state index contributed by atoms with van der Waals surface area (Å²) in [6.07, 6.45) is 6.07. The Balaban J connectivity index is 1.70. The molecule has 4 rings (SSSR count). The second kappa shape index (κ2) is 7.18. The fraction of sp³-hybridized carbons (Fsp3) is 0.654. The van der Waals surface area contributed by atoms with Crippen LogP contribution in [0.15, 0.2) is 24.3 Å². The van der Waals surface area contributed by atoms with Crippen molar-refractivity contribution in [3.8, 4) is 0 Å². The second-order valence-electron chi connectivity index (χ2n) is 10.7.